The molecular formula is C21H26N4O2. The van der Waals surface area contributed by atoms with E-state index in [2.05, 4.69) is 16.8 Å². The standard InChI is InChI=1S/C21H26N4O2/c1-3-23-12-14-24(15-13-23)21(27)19-16-17(10-11-22-19)20(26)25(4-2)18-8-6-5-7-9-18/h5-11,16H,3-4,12-15H2,1-2H3. The molecule has 0 radical (unpaired) electrons. The Morgan fingerprint density at radius 2 is 1.74 bits per heavy atom. The molecule has 0 saturated carbocycles. The number of aromatic nitrogens is 1. The molecule has 0 aliphatic carbocycles. The van der Waals surface area contributed by atoms with Crippen LogP contribution in [0.2, 0.25) is 0 Å². The third kappa shape index (κ3) is 4.34. The molecule has 0 spiro atoms. The number of piperazine rings is 1. The number of hydrogen-bond donors (Lipinski definition) is 0. The highest BCUT2D eigenvalue weighted by atomic mass is 16.2. The molecule has 3 rings (SSSR count). The summed E-state index contributed by atoms with van der Waals surface area (Å²) < 4.78 is 0. The Kier molecular flexibility index (Phi) is 6.19. The average Bonchev–Trinajstić information content (AvgIpc) is 2.74. The van der Waals surface area contributed by atoms with Crippen LogP contribution in [0.25, 0.3) is 0 Å². The SMILES string of the molecule is CCN1CCN(C(=O)c2cc(C(=O)N(CC)c3ccccc3)ccn2)CC1. The third-order valence-corrected chi connectivity index (χ3v) is 4.96. The molecule has 1 saturated heterocycles. The Hall–Kier alpha value is -2.73. The van der Waals surface area contributed by atoms with Crippen LogP contribution in [0.15, 0.2) is 48.7 Å². The Morgan fingerprint density at radius 1 is 1.04 bits per heavy atom. The summed E-state index contributed by atoms with van der Waals surface area (Å²) in [6, 6.07) is 12.8. The number of benzene rings is 1. The van der Waals surface area contributed by atoms with Crippen molar-refractivity contribution in [1.29, 1.82) is 0 Å². The molecule has 142 valence electrons. The van der Waals surface area contributed by atoms with Gasteiger partial charge in [0.15, 0.2) is 0 Å². The fourth-order valence-electron chi connectivity index (χ4n) is 3.32. The number of likely N-dealkylation sites (N-methyl/N-ethyl adjacent to an activating group) is 1. The third-order valence-electron chi connectivity index (χ3n) is 4.96. The van der Waals surface area contributed by atoms with Gasteiger partial charge in [-0.1, -0.05) is 25.1 Å². The van der Waals surface area contributed by atoms with Crippen LogP contribution in [0.5, 0.6) is 0 Å². The van der Waals surface area contributed by atoms with Gasteiger partial charge in [-0.2, -0.15) is 0 Å². The lowest BCUT2D eigenvalue weighted by Gasteiger charge is -2.33. The minimum Gasteiger partial charge on any atom is -0.335 e. The van der Waals surface area contributed by atoms with Crippen LogP contribution in [0.4, 0.5) is 5.69 Å². The van der Waals surface area contributed by atoms with Gasteiger partial charge in [0.05, 0.1) is 0 Å². The molecule has 1 aromatic heterocycles. The zero-order chi connectivity index (χ0) is 19.2. The first-order chi connectivity index (χ1) is 13.1. The van der Waals surface area contributed by atoms with Crippen LogP contribution in [0, 0.1) is 0 Å². The van der Waals surface area contributed by atoms with Gasteiger partial charge in [0, 0.05) is 50.2 Å². The second-order valence-corrected chi connectivity index (χ2v) is 6.54. The predicted molar refractivity (Wildman–Crippen MR) is 106 cm³/mol. The summed E-state index contributed by atoms with van der Waals surface area (Å²) in [5, 5.41) is 0. The van der Waals surface area contributed by atoms with Crippen molar-refractivity contribution < 1.29 is 9.59 Å². The Bertz CT molecular complexity index is 786. The van der Waals surface area contributed by atoms with Crippen molar-refractivity contribution in [2.75, 3.05) is 44.2 Å². The van der Waals surface area contributed by atoms with Gasteiger partial charge in [0.1, 0.15) is 5.69 Å². The lowest BCUT2D eigenvalue weighted by molar-refractivity contribution is 0.0637. The number of hydrogen-bond acceptors (Lipinski definition) is 4. The van der Waals surface area contributed by atoms with Gasteiger partial charge in [0.2, 0.25) is 0 Å². The number of rotatable bonds is 5. The maximum Gasteiger partial charge on any atom is 0.272 e. The highest BCUT2D eigenvalue weighted by Gasteiger charge is 2.24. The normalized spacial score (nSPS) is 14.8. The largest absolute Gasteiger partial charge is 0.335 e. The van der Waals surface area contributed by atoms with Crippen molar-refractivity contribution in [3.05, 3.63) is 59.9 Å². The van der Waals surface area contributed by atoms with Gasteiger partial charge in [-0.05, 0) is 37.7 Å². The van der Waals surface area contributed by atoms with Gasteiger partial charge >= 0.3 is 0 Å². The molecule has 0 bridgehead atoms. The zero-order valence-corrected chi connectivity index (χ0v) is 16.0. The maximum atomic E-state index is 13.0. The molecule has 2 aromatic rings. The predicted octanol–water partition coefficient (Wildman–Crippen LogP) is 2.53. The van der Waals surface area contributed by atoms with E-state index in [0.717, 1.165) is 25.3 Å². The summed E-state index contributed by atoms with van der Waals surface area (Å²) in [6.45, 7) is 8.74. The quantitative estimate of drug-likeness (QED) is 0.816. The summed E-state index contributed by atoms with van der Waals surface area (Å²) in [6.07, 6.45) is 1.54. The summed E-state index contributed by atoms with van der Waals surface area (Å²) in [5.74, 6) is -0.237. The molecule has 1 aliphatic rings. The molecule has 1 aromatic carbocycles. The molecule has 0 unspecified atom stereocenters. The number of anilines is 1. The lowest BCUT2D eigenvalue weighted by atomic mass is 10.1. The first-order valence-corrected chi connectivity index (χ1v) is 9.48. The first-order valence-electron chi connectivity index (χ1n) is 9.48. The topological polar surface area (TPSA) is 56.8 Å². The van der Waals surface area contributed by atoms with Crippen LogP contribution < -0.4 is 4.90 Å². The fourth-order valence-corrected chi connectivity index (χ4v) is 3.32. The number of carbonyl (C=O) groups is 2. The summed E-state index contributed by atoms with van der Waals surface area (Å²) in [4.78, 5) is 35.8. The van der Waals surface area contributed by atoms with Crippen LogP contribution in [-0.4, -0.2) is 65.9 Å². The van der Waals surface area contributed by atoms with Crippen molar-refractivity contribution in [2.45, 2.75) is 13.8 Å². The van der Waals surface area contributed by atoms with E-state index in [4.69, 9.17) is 0 Å². The van der Waals surface area contributed by atoms with Crippen molar-refractivity contribution in [1.82, 2.24) is 14.8 Å². The molecule has 0 N–H and O–H groups in total. The van der Waals surface area contributed by atoms with Crippen LogP contribution in [-0.2, 0) is 0 Å². The molecule has 0 atom stereocenters. The molecule has 2 amide bonds. The first kappa shape index (κ1) is 19.0. The smallest absolute Gasteiger partial charge is 0.272 e. The van der Waals surface area contributed by atoms with E-state index in [0.29, 0.717) is 30.9 Å². The van der Waals surface area contributed by atoms with E-state index in [1.54, 1.807) is 23.2 Å². The minimum absolute atomic E-state index is 0.108. The van der Waals surface area contributed by atoms with Crippen LogP contribution >= 0.6 is 0 Å². The number of amides is 2. The number of carbonyl (C=O) groups excluding carboxylic acids is 2. The van der Waals surface area contributed by atoms with Gasteiger partial charge in [0.25, 0.3) is 11.8 Å². The molecule has 27 heavy (non-hydrogen) atoms. The van der Waals surface area contributed by atoms with E-state index in [-0.39, 0.29) is 11.8 Å². The van der Waals surface area contributed by atoms with Crippen molar-refractivity contribution >= 4 is 17.5 Å². The summed E-state index contributed by atoms with van der Waals surface area (Å²) in [7, 11) is 0. The van der Waals surface area contributed by atoms with E-state index < -0.39 is 0 Å². The molecule has 2 heterocycles. The van der Waals surface area contributed by atoms with Crippen molar-refractivity contribution in [3.8, 4) is 0 Å². The van der Waals surface area contributed by atoms with E-state index in [1.165, 1.54) is 0 Å². The molecule has 6 heteroatoms. The molecule has 1 fully saturated rings. The van der Waals surface area contributed by atoms with Crippen LogP contribution in [0.3, 0.4) is 0 Å². The zero-order valence-electron chi connectivity index (χ0n) is 16.0. The number of nitrogens with zero attached hydrogens (tertiary/aromatic N) is 4. The Labute approximate surface area is 160 Å². The van der Waals surface area contributed by atoms with E-state index in [9.17, 15) is 9.59 Å². The fraction of sp³-hybridized carbons (Fsp3) is 0.381. The molecular weight excluding hydrogens is 340 g/mol. The highest BCUT2D eigenvalue weighted by Crippen LogP contribution is 2.17. The summed E-state index contributed by atoms with van der Waals surface area (Å²) >= 11 is 0. The molecule has 6 nitrogen and oxygen atoms in total. The summed E-state index contributed by atoms with van der Waals surface area (Å²) in [5.41, 5.74) is 1.64. The van der Waals surface area contributed by atoms with Crippen molar-refractivity contribution in [3.63, 3.8) is 0 Å². The van der Waals surface area contributed by atoms with Crippen molar-refractivity contribution in [2.24, 2.45) is 0 Å². The lowest BCUT2D eigenvalue weighted by Crippen LogP contribution is -2.48. The number of pyridine rings is 1. The minimum atomic E-state index is -0.129. The second-order valence-electron chi connectivity index (χ2n) is 6.54. The van der Waals surface area contributed by atoms with Gasteiger partial charge in [-0.25, -0.2) is 0 Å². The Balaban J connectivity index is 1.77. The molecule has 1 aliphatic heterocycles. The number of para-hydroxylation sites is 1. The van der Waals surface area contributed by atoms with Gasteiger partial charge in [-0.15, -0.1) is 0 Å². The highest BCUT2D eigenvalue weighted by molar-refractivity contribution is 6.07. The second kappa shape index (κ2) is 8.77. The van der Waals surface area contributed by atoms with Gasteiger partial charge in [-0.3, -0.25) is 14.6 Å². The average molecular weight is 366 g/mol. The van der Waals surface area contributed by atoms with Crippen LogP contribution in [0.1, 0.15) is 34.7 Å². The Morgan fingerprint density at radius 3 is 2.37 bits per heavy atom. The monoisotopic (exact) mass is 366 g/mol. The van der Waals surface area contributed by atoms with Gasteiger partial charge < -0.3 is 14.7 Å². The van der Waals surface area contributed by atoms with E-state index in [1.807, 2.05) is 42.2 Å². The van der Waals surface area contributed by atoms with E-state index >= 15 is 0 Å². The maximum absolute atomic E-state index is 13.0.